The summed E-state index contributed by atoms with van der Waals surface area (Å²) < 4.78 is 0.547. The van der Waals surface area contributed by atoms with Gasteiger partial charge in [0.05, 0.1) is 0 Å². The molecule has 0 aliphatic rings. The highest BCUT2D eigenvalue weighted by molar-refractivity contribution is 8.34. The van der Waals surface area contributed by atoms with Crippen LogP contribution in [0.3, 0.4) is 0 Å². The third-order valence-electron chi connectivity index (χ3n) is 2.96. The van der Waals surface area contributed by atoms with Crippen molar-refractivity contribution in [3.8, 4) is 0 Å². The highest BCUT2D eigenvalue weighted by Gasteiger charge is 2.31. The van der Waals surface area contributed by atoms with Gasteiger partial charge in [-0.05, 0) is 22.0 Å². The second-order valence-corrected chi connectivity index (χ2v) is 9.07. The lowest BCUT2D eigenvalue weighted by atomic mass is 10.3. The molecule has 0 amide bonds. The second kappa shape index (κ2) is 3.84. The summed E-state index contributed by atoms with van der Waals surface area (Å²) in [5.74, 6) is 4.18. The maximum absolute atomic E-state index is 2.40. The third-order valence-corrected chi connectivity index (χ3v) is 8.87. The lowest BCUT2D eigenvalue weighted by Gasteiger charge is -2.49. The molecule has 1 heteroatoms. The van der Waals surface area contributed by atoms with E-state index in [4.69, 9.17) is 0 Å². The van der Waals surface area contributed by atoms with Crippen molar-refractivity contribution in [1.82, 2.24) is 0 Å². The van der Waals surface area contributed by atoms with Gasteiger partial charge in [-0.2, -0.15) is 0 Å². The van der Waals surface area contributed by atoms with E-state index >= 15 is 0 Å². The average molecular weight is 176 g/mol. The number of hydrogen-bond acceptors (Lipinski definition) is 0. The first-order chi connectivity index (χ1) is 4.93. The molecule has 70 valence electrons. The van der Waals surface area contributed by atoms with Gasteiger partial charge < -0.3 is 0 Å². The maximum atomic E-state index is 2.40. The minimum atomic E-state index is -0.326. The fourth-order valence-corrected chi connectivity index (χ4v) is 5.73. The van der Waals surface area contributed by atoms with Crippen LogP contribution in [-0.4, -0.2) is 22.0 Å². The van der Waals surface area contributed by atoms with E-state index in [9.17, 15) is 0 Å². The molecule has 0 radical (unpaired) electrons. The molecule has 0 aliphatic carbocycles. The van der Waals surface area contributed by atoms with Crippen molar-refractivity contribution in [3.63, 3.8) is 0 Å². The third kappa shape index (κ3) is 2.14. The van der Waals surface area contributed by atoms with E-state index in [1.54, 1.807) is 0 Å². The van der Waals surface area contributed by atoms with Crippen LogP contribution in [-0.2, 0) is 0 Å². The van der Waals surface area contributed by atoms with Gasteiger partial charge in [0.1, 0.15) is 0 Å². The smallest absolute Gasteiger partial charge is 0.00824 e. The Balaban J connectivity index is 4.54. The molecular formula is C10H24S. The SMILES string of the molecule is CCS(CC)(CC)C(C)(C)C. The molecule has 0 aliphatic heterocycles. The van der Waals surface area contributed by atoms with Gasteiger partial charge in [-0.25, -0.2) is 10.0 Å². The van der Waals surface area contributed by atoms with Gasteiger partial charge in [0.15, 0.2) is 0 Å². The first kappa shape index (κ1) is 11.4. The van der Waals surface area contributed by atoms with E-state index in [0.717, 1.165) is 0 Å². The number of rotatable bonds is 3. The maximum Gasteiger partial charge on any atom is -0.00824 e. The monoisotopic (exact) mass is 176 g/mol. The molecular weight excluding hydrogens is 152 g/mol. The zero-order valence-electron chi connectivity index (χ0n) is 9.03. The summed E-state index contributed by atoms with van der Waals surface area (Å²) in [6.45, 7) is 14.3. The molecule has 0 aromatic rings. The zero-order chi connectivity index (χ0) is 9.12. The molecule has 0 aromatic carbocycles. The Morgan fingerprint density at radius 2 is 1.09 bits per heavy atom. The van der Waals surface area contributed by atoms with Crippen molar-refractivity contribution in [2.75, 3.05) is 17.3 Å². The minimum Gasteiger partial charge on any atom is -0.237 e. The van der Waals surface area contributed by atoms with Gasteiger partial charge in [-0.3, -0.25) is 0 Å². The van der Waals surface area contributed by atoms with Gasteiger partial charge >= 0.3 is 0 Å². The van der Waals surface area contributed by atoms with Crippen LogP contribution in [0.5, 0.6) is 0 Å². The fourth-order valence-electron chi connectivity index (χ4n) is 1.91. The van der Waals surface area contributed by atoms with Gasteiger partial charge in [-0.1, -0.05) is 41.5 Å². The van der Waals surface area contributed by atoms with Crippen LogP contribution in [0.25, 0.3) is 0 Å². The van der Waals surface area contributed by atoms with Gasteiger partial charge in [-0.15, -0.1) is 0 Å². The second-order valence-electron chi connectivity index (χ2n) is 4.02. The van der Waals surface area contributed by atoms with Crippen LogP contribution < -0.4 is 0 Å². The molecule has 0 atom stereocenters. The molecule has 0 nitrogen and oxygen atoms in total. The highest BCUT2D eigenvalue weighted by atomic mass is 32.3. The van der Waals surface area contributed by atoms with Crippen molar-refractivity contribution in [2.45, 2.75) is 46.3 Å². The first-order valence-electron chi connectivity index (χ1n) is 4.69. The molecule has 0 unspecified atom stereocenters. The summed E-state index contributed by atoms with van der Waals surface area (Å²) in [6.07, 6.45) is 0. The van der Waals surface area contributed by atoms with E-state index in [0.29, 0.717) is 4.75 Å². The molecule has 0 aromatic heterocycles. The predicted octanol–water partition coefficient (Wildman–Crippen LogP) is 3.65. The molecule has 0 N–H and O–H groups in total. The summed E-state index contributed by atoms with van der Waals surface area (Å²) >= 11 is 0. The summed E-state index contributed by atoms with van der Waals surface area (Å²) in [6, 6.07) is 0. The standard InChI is InChI=1S/C10H24S/c1-7-11(8-2,9-3)10(4,5)6/h7-9H2,1-6H3. The lowest BCUT2D eigenvalue weighted by Crippen LogP contribution is -2.29. The molecule has 0 saturated heterocycles. The molecule has 0 saturated carbocycles. The van der Waals surface area contributed by atoms with Crippen LogP contribution in [0.2, 0.25) is 0 Å². The van der Waals surface area contributed by atoms with Crippen molar-refractivity contribution in [2.24, 2.45) is 0 Å². The van der Waals surface area contributed by atoms with Crippen molar-refractivity contribution < 1.29 is 0 Å². The van der Waals surface area contributed by atoms with Crippen molar-refractivity contribution in [3.05, 3.63) is 0 Å². The average Bonchev–Trinajstić information content (AvgIpc) is 1.90. The topological polar surface area (TPSA) is 0 Å². The Hall–Kier alpha value is 0.350. The summed E-state index contributed by atoms with van der Waals surface area (Å²) in [7, 11) is -0.326. The molecule has 0 spiro atoms. The van der Waals surface area contributed by atoms with Crippen LogP contribution in [0.4, 0.5) is 0 Å². The van der Waals surface area contributed by atoms with Gasteiger partial charge in [0, 0.05) is 0 Å². The quantitative estimate of drug-likeness (QED) is 0.616. The number of hydrogen-bond donors (Lipinski definition) is 0. The zero-order valence-corrected chi connectivity index (χ0v) is 9.85. The summed E-state index contributed by atoms with van der Waals surface area (Å²) in [5.41, 5.74) is 0. The van der Waals surface area contributed by atoms with Crippen LogP contribution in [0, 0.1) is 0 Å². The van der Waals surface area contributed by atoms with E-state index in [2.05, 4.69) is 41.5 Å². The summed E-state index contributed by atoms with van der Waals surface area (Å²) in [5, 5.41) is 0. The van der Waals surface area contributed by atoms with E-state index in [1.165, 1.54) is 17.3 Å². The fraction of sp³-hybridized carbons (Fsp3) is 1.00. The van der Waals surface area contributed by atoms with Crippen LogP contribution in [0.1, 0.15) is 41.5 Å². The predicted molar refractivity (Wildman–Crippen MR) is 59.0 cm³/mol. The van der Waals surface area contributed by atoms with Crippen molar-refractivity contribution in [1.29, 1.82) is 0 Å². The van der Waals surface area contributed by atoms with Crippen LogP contribution in [0.15, 0.2) is 0 Å². The van der Waals surface area contributed by atoms with E-state index in [-0.39, 0.29) is 10.0 Å². The highest BCUT2D eigenvalue weighted by Crippen LogP contribution is 2.57. The Labute approximate surface area is 74.1 Å². The Kier molecular flexibility index (Phi) is 3.96. The molecule has 0 fully saturated rings. The Morgan fingerprint density at radius 1 is 0.818 bits per heavy atom. The lowest BCUT2D eigenvalue weighted by molar-refractivity contribution is 0.779. The van der Waals surface area contributed by atoms with Crippen LogP contribution >= 0.6 is 10.0 Å². The molecule has 0 heterocycles. The molecule has 0 rings (SSSR count). The largest absolute Gasteiger partial charge is 0.237 e. The van der Waals surface area contributed by atoms with Gasteiger partial charge in [0.25, 0.3) is 0 Å². The molecule has 11 heavy (non-hydrogen) atoms. The minimum absolute atomic E-state index is 0.326. The van der Waals surface area contributed by atoms with E-state index < -0.39 is 0 Å². The summed E-state index contributed by atoms with van der Waals surface area (Å²) in [4.78, 5) is 0. The molecule has 0 bridgehead atoms. The Bertz CT molecular complexity index is 98.3. The Morgan fingerprint density at radius 3 is 1.09 bits per heavy atom. The first-order valence-corrected chi connectivity index (χ1v) is 6.83. The van der Waals surface area contributed by atoms with Gasteiger partial charge in [0.2, 0.25) is 0 Å². The normalized spacial score (nSPS) is 15.1. The van der Waals surface area contributed by atoms with E-state index in [1.807, 2.05) is 0 Å². The van der Waals surface area contributed by atoms with Crippen molar-refractivity contribution >= 4 is 10.0 Å².